The van der Waals surface area contributed by atoms with E-state index in [0.29, 0.717) is 4.90 Å². The van der Waals surface area contributed by atoms with Gasteiger partial charge in [0.1, 0.15) is 6.61 Å². The average Bonchev–Trinajstić information content (AvgIpc) is 2.79. The second-order valence-electron chi connectivity index (χ2n) is 3.75. The maximum atomic E-state index is 11.7. The molecular formula is C12H10N2O5. The first kappa shape index (κ1) is 12.7. The average molecular weight is 262 g/mol. The number of rotatable bonds is 3. The molecule has 1 aliphatic rings. The fourth-order valence-electron chi connectivity index (χ4n) is 1.54. The van der Waals surface area contributed by atoms with E-state index in [0.717, 1.165) is 11.8 Å². The number of ether oxygens (including phenoxy) is 1. The lowest BCUT2D eigenvalue weighted by molar-refractivity contribution is -0.139. The summed E-state index contributed by atoms with van der Waals surface area (Å²) in [6, 6.07) is 6.49. The lowest BCUT2D eigenvalue weighted by atomic mass is 10.2. The van der Waals surface area contributed by atoms with Crippen molar-refractivity contribution in [2.24, 2.45) is 4.99 Å². The molecule has 1 aliphatic heterocycles. The maximum Gasteiger partial charge on any atom is 0.419 e. The van der Waals surface area contributed by atoms with Gasteiger partial charge in [0.15, 0.2) is 6.04 Å². The quantitative estimate of drug-likeness (QED) is 0.885. The Kier molecular flexibility index (Phi) is 3.56. The molecule has 7 heteroatoms. The van der Waals surface area contributed by atoms with Crippen LogP contribution < -0.4 is 0 Å². The van der Waals surface area contributed by atoms with E-state index in [2.05, 4.69) is 4.99 Å². The first-order valence-corrected chi connectivity index (χ1v) is 5.40. The predicted octanol–water partition coefficient (Wildman–Crippen LogP) is 1.28. The summed E-state index contributed by atoms with van der Waals surface area (Å²) in [5.74, 6) is -1.34. The third-order valence-electron chi connectivity index (χ3n) is 2.47. The number of urea groups is 1. The Balaban J connectivity index is 2.00. The molecule has 98 valence electrons. The topological polar surface area (TPSA) is 96.3 Å². The van der Waals surface area contributed by atoms with Crippen LogP contribution in [-0.2, 0) is 16.1 Å². The SMILES string of the molecule is O=C(O)[C@@H]1C=NC(=O)N1C(=O)OCc1ccccc1. The van der Waals surface area contributed by atoms with Gasteiger partial charge in [-0.25, -0.2) is 24.3 Å². The Morgan fingerprint density at radius 2 is 2.00 bits per heavy atom. The van der Waals surface area contributed by atoms with Crippen molar-refractivity contribution in [3.05, 3.63) is 35.9 Å². The zero-order chi connectivity index (χ0) is 13.8. The number of aliphatic imine (C=N–C) groups is 1. The molecule has 0 unspecified atom stereocenters. The number of carbonyl (C=O) groups excluding carboxylic acids is 2. The van der Waals surface area contributed by atoms with Gasteiger partial charge in [-0.1, -0.05) is 30.3 Å². The van der Waals surface area contributed by atoms with Crippen LogP contribution in [0.3, 0.4) is 0 Å². The van der Waals surface area contributed by atoms with Crippen molar-refractivity contribution in [3.8, 4) is 0 Å². The normalized spacial score (nSPS) is 17.6. The monoisotopic (exact) mass is 262 g/mol. The van der Waals surface area contributed by atoms with Crippen molar-refractivity contribution in [2.75, 3.05) is 0 Å². The summed E-state index contributed by atoms with van der Waals surface area (Å²) in [7, 11) is 0. The van der Waals surface area contributed by atoms with Crippen molar-refractivity contribution in [1.29, 1.82) is 0 Å². The largest absolute Gasteiger partial charge is 0.479 e. The summed E-state index contributed by atoms with van der Waals surface area (Å²) < 4.78 is 4.89. The van der Waals surface area contributed by atoms with Gasteiger partial charge in [-0.05, 0) is 5.56 Å². The molecule has 0 aliphatic carbocycles. The number of aliphatic carboxylic acids is 1. The summed E-state index contributed by atoms with van der Waals surface area (Å²) in [6.07, 6.45) is -0.132. The van der Waals surface area contributed by atoms with Gasteiger partial charge < -0.3 is 9.84 Å². The number of benzene rings is 1. The van der Waals surface area contributed by atoms with E-state index in [1.54, 1.807) is 24.3 Å². The molecule has 0 aromatic heterocycles. The molecule has 0 radical (unpaired) electrons. The summed E-state index contributed by atoms with van der Waals surface area (Å²) >= 11 is 0. The third-order valence-corrected chi connectivity index (χ3v) is 2.47. The molecule has 1 N–H and O–H groups in total. The van der Waals surface area contributed by atoms with Gasteiger partial charge >= 0.3 is 18.1 Å². The molecule has 0 saturated carbocycles. The van der Waals surface area contributed by atoms with E-state index in [-0.39, 0.29) is 6.61 Å². The van der Waals surface area contributed by atoms with E-state index in [1.807, 2.05) is 6.07 Å². The molecule has 1 heterocycles. The van der Waals surface area contributed by atoms with Crippen molar-refractivity contribution >= 4 is 24.3 Å². The Bertz CT molecular complexity index is 540. The molecule has 0 fully saturated rings. The van der Waals surface area contributed by atoms with E-state index in [9.17, 15) is 14.4 Å². The first-order chi connectivity index (χ1) is 9.09. The van der Waals surface area contributed by atoms with Crippen LogP contribution in [0.25, 0.3) is 0 Å². The third kappa shape index (κ3) is 2.76. The van der Waals surface area contributed by atoms with Crippen LogP contribution in [0.15, 0.2) is 35.3 Å². The number of hydrogen-bond acceptors (Lipinski definition) is 4. The summed E-state index contributed by atoms with van der Waals surface area (Å²) in [5.41, 5.74) is 0.732. The van der Waals surface area contributed by atoms with Crippen LogP contribution in [0, 0.1) is 0 Å². The Morgan fingerprint density at radius 1 is 1.32 bits per heavy atom. The van der Waals surface area contributed by atoms with Crippen molar-refractivity contribution < 1.29 is 24.2 Å². The minimum Gasteiger partial charge on any atom is -0.479 e. The number of carboxylic acid groups (broad SMARTS) is 1. The summed E-state index contributed by atoms with van der Waals surface area (Å²) in [4.78, 5) is 37.6. The molecule has 1 aromatic carbocycles. The molecule has 0 saturated heterocycles. The Hall–Kier alpha value is -2.70. The number of hydrogen-bond donors (Lipinski definition) is 1. The second kappa shape index (κ2) is 5.30. The smallest absolute Gasteiger partial charge is 0.419 e. The number of amides is 3. The van der Waals surface area contributed by atoms with Crippen LogP contribution in [0.2, 0.25) is 0 Å². The zero-order valence-electron chi connectivity index (χ0n) is 9.72. The van der Waals surface area contributed by atoms with E-state index < -0.39 is 24.1 Å². The molecule has 1 atom stereocenters. The van der Waals surface area contributed by atoms with Crippen molar-refractivity contribution in [3.63, 3.8) is 0 Å². The van der Waals surface area contributed by atoms with E-state index >= 15 is 0 Å². The molecule has 1 aromatic rings. The predicted molar refractivity (Wildman–Crippen MR) is 63.8 cm³/mol. The number of nitrogens with zero attached hydrogens (tertiary/aromatic N) is 2. The minimum atomic E-state index is -1.41. The standard InChI is InChI=1S/C12H10N2O5/c15-10(16)9-6-13-11(17)14(9)12(18)19-7-8-4-2-1-3-5-8/h1-6,9H,7H2,(H,15,16)/t9-/m0/s1. The van der Waals surface area contributed by atoms with Gasteiger partial charge in [0.05, 0.1) is 0 Å². The summed E-state index contributed by atoms with van der Waals surface area (Å²) in [5, 5.41) is 8.84. The highest BCUT2D eigenvalue weighted by molar-refractivity contribution is 6.11. The van der Waals surface area contributed by atoms with Crippen LogP contribution >= 0.6 is 0 Å². The highest BCUT2D eigenvalue weighted by Crippen LogP contribution is 2.12. The second-order valence-corrected chi connectivity index (χ2v) is 3.75. The molecule has 19 heavy (non-hydrogen) atoms. The van der Waals surface area contributed by atoms with Crippen LogP contribution in [-0.4, -0.2) is 40.4 Å². The maximum absolute atomic E-state index is 11.7. The van der Waals surface area contributed by atoms with Gasteiger partial charge in [0, 0.05) is 6.21 Å². The lowest BCUT2D eigenvalue weighted by Gasteiger charge is -2.17. The molecular weight excluding hydrogens is 252 g/mol. The summed E-state index contributed by atoms with van der Waals surface area (Å²) in [6.45, 7) is -0.0458. The van der Waals surface area contributed by atoms with Crippen molar-refractivity contribution in [2.45, 2.75) is 12.6 Å². The molecule has 3 amide bonds. The number of carbonyl (C=O) groups is 3. The van der Waals surface area contributed by atoms with Crippen molar-refractivity contribution in [1.82, 2.24) is 4.90 Å². The Morgan fingerprint density at radius 3 is 2.63 bits per heavy atom. The molecule has 7 nitrogen and oxygen atoms in total. The van der Waals surface area contributed by atoms with E-state index in [4.69, 9.17) is 9.84 Å². The minimum absolute atomic E-state index is 0.0458. The van der Waals surface area contributed by atoms with Crippen LogP contribution in [0.5, 0.6) is 0 Å². The Labute approximate surface area is 108 Å². The van der Waals surface area contributed by atoms with E-state index in [1.165, 1.54) is 0 Å². The van der Waals surface area contributed by atoms with Gasteiger partial charge in [-0.3, -0.25) is 0 Å². The van der Waals surface area contributed by atoms with Crippen LogP contribution in [0.1, 0.15) is 5.56 Å². The highest BCUT2D eigenvalue weighted by Gasteiger charge is 2.39. The number of carboxylic acids is 1. The molecule has 2 rings (SSSR count). The molecule has 0 bridgehead atoms. The van der Waals surface area contributed by atoms with Gasteiger partial charge in [-0.2, -0.15) is 0 Å². The zero-order valence-corrected chi connectivity index (χ0v) is 9.72. The van der Waals surface area contributed by atoms with Crippen LogP contribution in [0.4, 0.5) is 9.59 Å². The molecule has 0 spiro atoms. The van der Waals surface area contributed by atoms with Gasteiger partial charge in [-0.15, -0.1) is 0 Å². The fourth-order valence-corrected chi connectivity index (χ4v) is 1.54. The fraction of sp³-hybridized carbons (Fsp3) is 0.167. The van der Waals surface area contributed by atoms with Gasteiger partial charge in [0.2, 0.25) is 0 Å². The highest BCUT2D eigenvalue weighted by atomic mass is 16.6. The number of imide groups is 1. The first-order valence-electron chi connectivity index (χ1n) is 5.40. The van der Waals surface area contributed by atoms with Gasteiger partial charge in [0.25, 0.3) is 0 Å². The lowest BCUT2D eigenvalue weighted by Crippen LogP contribution is -2.44.